The molecule has 7 nitrogen and oxygen atoms in total. The number of likely N-dealkylation sites (tertiary alicyclic amines) is 1. The van der Waals surface area contributed by atoms with Crippen molar-refractivity contribution in [1.29, 1.82) is 0 Å². The Labute approximate surface area is 201 Å². The van der Waals surface area contributed by atoms with Crippen molar-refractivity contribution >= 4 is 40.3 Å². The number of aromatic hydroxyl groups is 1. The molecule has 0 unspecified atom stereocenters. The van der Waals surface area contributed by atoms with Gasteiger partial charge in [0.2, 0.25) is 0 Å². The van der Waals surface area contributed by atoms with Gasteiger partial charge in [-0.1, -0.05) is 23.7 Å². The molecule has 3 heterocycles. The van der Waals surface area contributed by atoms with Gasteiger partial charge in [-0.15, -0.1) is 0 Å². The minimum Gasteiger partial charge on any atom is -0.506 e. The van der Waals surface area contributed by atoms with Gasteiger partial charge in [0, 0.05) is 44.0 Å². The SMILES string of the molecule is O=C1Cc2cc(CN3CCC(O)CC3)ccc2Nc2nccc(Nc3cc(O)c(Cl)cc3F)c21. The number of anilines is 4. The number of phenols is 1. The molecule has 0 spiro atoms. The summed E-state index contributed by atoms with van der Waals surface area (Å²) in [5.74, 6) is -0.697. The number of Topliss-reactive ketones (excluding diaryl/α,β-unsaturated/α-hetero) is 1. The van der Waals surface area contributed by atoms with Crippen molar-refractivity contribution in [2.75, 3.05) is 23.7 Å². The largest absolute Gasteiger partial charge is 0.506 e. The lowest BCUT2D eigenvalue weighted by Crippen LogP contribution is -2.35. The summed E-state index contributed by atoms with van der Waals surface area (Å²) < 4.78 is 14.4. The van der Waals surface area contributed by atoms with E-state index in [-0.39, 0.29) is 34.8 Å². The smallest absolute Gasteiger partial charge is 0.173 e. The first-order valence-corrected chi connectivity index (χ1v) is 11.5. The molecule has 9 heteroatoms. The van der Waals surface area contributed by atoms with Crippen molar-refractivity contribution in [3.63, 3.8) is 0 Å². The number of benzene rings is 2. The maximum Gasteiger partial charge on any atom is 0.173 e. The predicted molar refractivity (Wildman–Crippen MR) is 129 cm³/mol. The Kier molecular flexibility index (Phi) is 6.12. The van der Waals surface area contributed by atoms with Crippen LogP contribution in [0.2, 0.25) is 5.02 Å². The van der Waals surface area contributed by atoms with Crippen molar-refractivity contribution in [1.82, 2.24) is 9.88 Å². The van der Waals surface area contributed by atoms with E-state index < -0.39 is 5.82 Å². The molecular weight excluding hydrogens is 459 g/mol. The number of aromatic nitrogens is 1. The van der Waals surface area contributed by atoms with Gasteiger partial charge in [-0.2, -0.15) is 0 Å². The molecule has 1 aromatic heterocycles. The standard InChI is InChI=1S/C25H24ClFN4O3/c26-17-11-18(27)21(12-22(17)33)29-20-3-6-28-25-24(20)23(34)10-15-9-14(1-2-19(15)30-25)13-31-7-4-16(32)5-8-31/h1-3,6,9,11-12,16,32-33H,4-5,7-8,10,13H2,(H2,28,29,30). The summed E-state index contributed by atoms with van der Waals surface area (Å²) in [5, 5.41) is 25.7. The monoisotopic (exact) mass is 482 g/mol. The number of rotatable bonds is 4. The number of hydrogen-bond acceptors (Lipinski definition) is 7. The molecule has 0 aliphatic carbocycles. The van der Waals surface area contributed by atoms with E-state index in [1.54, 1.807) is 6.07 Å². The lowest BCUT2D eigenvalue weighted by Gasteiger charge is -2.29. The Morgan fingerprint density at radius 3 is 2.76 bits per heavy atom. The molecule has 3 aromatic rings. The van der Waals surface area contributed by atoms with Crippen LogP contribution in [0.25, 0.3) is 0 Å². The van der Waals surface area contributed by atoms with Gasteiger partial charge in [-0.05, 0) is 42.2 Å². The first-order valence-electron chi connectivity index (χ1n) is 11.1. The number of halogens is 2. The third-order valence-electron chi connectivity index (χ3n) is 6.27. The van der Waals surface area contributed by atoms with Crippen LogP contribution in [-0.4, -0.2) is 45.1 Å². The van der Waals surface area contributed by atoms with Gasteiger partial charge in [0.15, 0.2) is 5.78 Å². The van der Waals surface area contributed by atoms with Crippen LogP contribution in [0, 0.1) is 5.82 Å². The van der Waals surface area contributed by atoms with E-state index in [0.717, 1.165) is 55.4 Å². The molecule has 0 amide bonds. The predicted octanol–water partition coefficient (Wildman–Crippen LogP) is 4.76. The average Bonchev–Trinajstić information content (AvgIpc) is 2.95. The molecule has 0 radical (unpaired) electrons. The highest BCUT2D eigenvalue weighted by atomic mass is 35.5. The number of hydrogen-bond donors (Lipinski definition) is 4. The summed E-state index contributed by atoms with van der Waals surface area (Å²) in [6, 6.07) is 9.79. The zero-order valence-corrected chi connectivity index (χ0v) is 19.1. The number of fused-ring (bicyclic) bond motifs is 2. The molecule has 0 bridgehead atoms. The highest BCUT2D eigenvalue weighted by Gasteiger charge is 2.25. The molecule has 5 rings (SSSR count). The van der Waals surface area contributed by atoms with E-state index in [1.807, 2.05) is 18.2 Å². The van der Waals surface area contributed by atoms with E-state index in [9.17, 15) is 19.4 Å². The van der Waals surface area contributed by atoms with Crippen LogP contribution in [-0.2, 0) is 13.0 Å². The number of pyridine rings is 1. The third kappa shape index (κ3) is 4.57. The van der Waals surface area contributed by atoms with Crippen LogP contribution in [0.5, 0.6) is 5.75 Å². The summed E-state index contributed by atoms with van der Waals surface area (Å²) in [6.45, 7) is 2.44. The van der Waals surface area contributed by atoms with Crippen LogP contribution < -0.4 is 10.6 Å². The summed E-state index contributed by atoms with van der Waals surface area (Å²) in [4.78, 5) is 19.9. The van der Waals surface area contributed by atoms with Crippen LogP contribution in [0.3, 0.4) is 0 Å². The van der Waals surface area contributed by atoms with Crippen molar-refractivity contribution < 1.29 is 19.4 Å². The van der Waals surface area contributed by atoms with Gasteiger partial charge < -0.3 is 20.8 Å². The number of carbonyl (C=O) groups excluding carboxylic acids is 1. The molecule has 4 N–H and O–H groups in total. The maximum atomic E-state index is 14.4. The lowest BCUT2D eigenvalue weighted by atomic mass is 10.0. The first kappa shape index (κ1) is 22.6. The van der Waals surface area contributed by atoms with E-state index in [2.05, 4.69) is 20.5 Å². The number of ketones is 1. The number of aliphatic hydroxyl groups is 1. The molecule has 0 atom stereocenters. The van der Waals surface area contributed by atoms with E-state index in [1.165, 1.54) is 12.3 Å². The van der Waals surface area contributed by atoms with Gasteiger partial charge in [0.05, 0.1) is 28.1 Å². The molecule has 1 saturated heterocycles. The summed E-state index contributed by atoms with van der Waals surface area (Å²) in [7, 11) is 0. The quantitative estimate of drug-likeness (QED) is 0.425. The normalized spacial score (nSPS) is 16.4. The van der Waals surface area contributed by atoms with Crippen LogP contribution in [0.1, 0.15) is 34.3 Å². The molecule has 176 valence electrons. The minimum atomic E-state index is -0.652. The fourth-order valence-electron chi connectivity index (χ4n) is 4.46. The van der Waals surface area contributed by atoms with Crippen LogP contribution in [0.15, 0.2) is 42.6 Å². The Morgan fingerprint density at radius 2 is 1.97 bits per heavy atom. The molecule has 34 heavy (non-hydrogen) atoms. The fraction of sp³-hybridized carbons (Fsp3) is 0.280. The number of nitrogens with one attached hydrogen (secondary N) is 2. The van der Waals surface area contributed by atoms with Crippen LogP contribution in [0.4, 0.5) is 27.3 Å². The molecule has 2 aliphatic rings. The molecule has 1 fully saturated rings. The highest BCUT2D eigenvalue weighted by molar-refractivity contribution is 6.32. The second-order valence-electron chi connectivity index (χ2n) is 8.71. The van der Waals surface area contributed by atoms with Crippen LogP contribution >= 0.6 is 11.6 Å². The molecule has 2 aromatic carbocycles. The van der Waals surface area contributed by atoms with E-state index in [4.69, 9.17) is 11.6 Å². The Hall–Kier alpha value is -3.20. The zero-order valence-electron chi connectivity index (χ0n) is 18.3. The van der Waals surface area contributed by atoms with E-state index >= 15 is 0 Å². The Balaban J connectivity index is 1.41. The van der Waals surface area contributed by atoms with Crippen molar-refractivity contribution in [3.8, 4) is 5.75 Å². The second-order valence-corrected chi connectivity index (χ2v) is 9.12. The Bertz CT molecular complexity index is 1260. The van der Waals surface area contributed by atoms with Crippen molar-refractivity contribution in [2.45, 2.75) is 31.9 Å². The number of carbonyl (C=O) groups is 1. The Morgan fingerprint density at radius 1 is 1.18 bits per heavy atom. The van der Waals surface area contributed by atoms with Gasteiger partial charge >= 0.3 is 0 Å². The summed E-state index contributed by atoms with van der Waals surface area (Å²) in [5.41, 5.74) is 3.45. The first-order chi connectivity index (χ1) is 16.4. The van der Waals surface area contributed by atoms with Gasteiger partial charge in [-0.25, -0.2) is 9.37 Å². The average molecular weight is 483 g/mol. The minimum absolute atomic E-state index is 0.00111. The maximum absolute atomic E-state index is 14.4. The number of aliphatic hydroxyl groups excluding tert-OH is 1. The molecule has 0 saturated carbocycles. The fourth-order valence-corrected chi connectivity index (χ4v) is 4.61. The van der Waals surface area contributed by atoms with E-state index in [0.29, 0.717) is 17.1 Å². The molecule has 2 aliphatic heterocycles. The topological polar surface area (TPSA) is 97.7 Å². The van der Waals surface area contributed by atoms with Gasteiger partial charge in [-0.3, -0.25) is 9.69 Å². The third-order valence-corrected chi connectivity index (χ3v) is 6.58. The number of nitrogens with zero attached hydrogens (tertiary/aromatic N) is 2. The highest BCUT2D eigenvalue weighted by Crippen LogP contribution is 2.36. The van der Waals surface area contributed by atoms with Gasteiger partial charge in [0.25, 0.3) is 0 Å². The number of piperidine rings is 1. The second kappa shape index (κ2) is 9.21. The van der Waals surface area contributed by atoms with Crippen molar-refractivity contribution in [3.05, 3.63) is 70.1 Å². The summed E-state index contributed by atoms with van der Waals surface area (Å²) in [6.07, 6.45) is 3.02. The lowest BCUT2D eigenvalue weighted by molar-refractivity contribution is 0.0792. The number of phenolic OH excluding ortho intramolecular Hbond substituents is 1. The van der Waals surface area contributed by atoms with Gasteiger partial charge in [0.1, 0.15) is 17.4 Å². The zero-order chi connectivity index (χ0) is 23.8. The summed E-state index contributed by atoms with van der Waals surface area (Å²) >= 11 is 5.78. The van der Waals surface area contributed by atoms with Crippen molar-refractivity contribution in [2.24, 2.45) is 0 Å². The molecular formula is C25H24ClFN4O3.